The van der Waals surface area contributed by atoms with E-state index in [1.807, 2.05) is 23.8 Å². The molecule has 0 saturated heterocycles. The van der Waals surface area contributed by atoms with Gasteiger partial charge in [-0.3, -0.25) is 9.69 Å². The standard InChI is InChI=1S/C10H19BrN4/c1-5-8-10(11)9(7-12-14(3)4)15(6-2)13-8/h12H,5-7H2,1-4H3. The topological polar surface area (TPSA) is 33.1 Å². The molecule has 0 atom stereocenters. The molecular weight excluding hydrogens is 256 g/mol. The van der Waals surface area contributed by atoms with E-state index >= 15 is 0 Å². The van der Waals surface area contributed by atoms with E-state index in [-0.39, 0.29) is 0 Å². The molecule has 0 saturated carbocycles. The van der Waals surface area contributed by atoms with Crippen LogP contribution in [-0.2, 0) is 19.5 Å². The number of aromatic nitrogens is 2. The number of hydrogen-bond acceptors (Lipinski definition) is 3. The minimum absolute atomic E-state index is 0.800. The van der Waals surface area contributed by atoms with Crippen molar-refractivity contribution >= 4 is 15.9 Å². The van der Waals surface area contributed by atoms with Gasteiger partial charge in [0, 0.05) is 20.6 Å². The van der Waals surface area contributed by atoms with Gasteiger partial charge in [0.15, 0.2) is 0 Å². The quantitative estimate of drug-likeness (QED) is 0.832. The molecule has 0 radical (unpaired) electrons. The van der Waals surface area contributed by atoms with Crippen LogP contribution in [0, 0.1) is 0 Å². The van der Waals surface area contributed by atoms with Crippen LogP contribution in [0.3, 0.4) is 0 Å². The molecule has 0 spiro atoms. The Morgan fingerprint density at radius 2 is 2.07 bits per heavy atom. The molecule has 86 valence electrons. The Hall–Kier alpha value is -0.390. The van der Waals surface area contributed by atoms with E-state index in [0.29, 0.717) is 0 Å². The van der Waals surface area contributed by atoms with Crippen molar-refractivity contribution in [3.63, 3.8) is 0 Å². The summed E-state index contributed by atoms with van der Waals surface area (Å²) in [5.41, 5.74) is 5.60. The van der Waals surface area contributed by atoms with Gasteiger partial charge in [0.05, 0.1) is 22.4 Å². The summed E-state index contributed by atoms with van der Waals surface area (Å²) in [6, 6.07) is 0. The number of nitrogens with one attached hydrogen (secondary N) is 1. The van der Waals surface area contributed by atoms with Gasteiger partial charge in [-0.2, -0.15) is 5.10 Å². The number of hydrogen-bond donors (Lipinski definition) is 1. The molecular formula is C10H19BrN4. The van der Waals surface area contributed by atoms with E-state index in [1.165, 1.54) is 5.69 Å². The maximum atomic E-state index is 4.54. The van der Waals surface area contributed by atoms with Crippen LogP contribution in [0.5, 0.6) is 0 Å². The second kappa shape index (κ2) is 5.63. The third kappa shape index (κ3) is 3.03. The lowest BCUT2D eigenvalue weighted by molar-refractivity contribution is 0.280. The van der Waals surface area contributed by atoms with Crippen LogP contribution in [0.4, 0.5) is 0 Å². The fraction of sp³-hybridized carbons (Fsp3) is 0.700. The molecule has 0 bridgehead atoms. The minimum atomic E-state index is 0.800. The summed E-state index contributed by atoms with van der Waals surface area (Å²) in [5, 5.41) is 6.49. The van der Waals surface area contributed by atoms with Crippen molar-refractivity contribution in [1.82, 2.24) is 20.2 Å². The Morgan fingerprint density at radius 3 is 2.53 bits per heavy atom. The molecule has 0 aromatic carbocycles. The SMILES string of the molecule is CCc1nn(CC)c(CNN(C)C)c1Br. The monoisotopic (exact) mass is 274 g/mol. The van der Waals surface area contributed by atoms with Gasteiger partial charge in [0.1, 0.15) is 0 Å². The summed E-state index contributed by atoms with van der Waals surface area (Å²) in [7, 11) is 3.97. The predicted octanol–water partition coefficient (Wildman–Crippen LogP) is 1.79. The highest BCUT2D eigenvalue weighted by Gasteiger charge is 2.13. The Labute approximate surface area is 99.7 Å². The summed E-state index contributed by atoms with van der Waals surface area (Å²) in [6.07, 6.45) is 0.961. The molecule has 0 unspecified atom stereocenters. The normalized spacial score (nSPS) is 11.3. The highest BCUT2D eigenvalue weighted by Crippen LogP contribution is 2.22. The van der Waals surface area contributed by atoms with Crippen molar-refractivity contribution in [2.45, 2.75) is 33.4 Å². The van der Waals surface area contributed by atoms with Gasteiger partial charge in [-0.15, -0.1) is 0 Å². The first kappa shape index (κ1) is 12.7. The van der Waals surface area contributed by atoms with E-state index in [4.69, 9.17) is 0 Å². The Balaban J connectivity index is 2.88. The molecule has 4 nitrogen and oxygen atoms in total. The summed E-state index contributed by atoms with van der Waals surface area (Å²) < 4.78 is 3.18. The first-order valence-electron chi connectivity index (χ1n) is 5.25. The molecule has 0 amide bonds. The predicted molar refractivity (Wildman–Crippen MR) is 65.5 cm³/mol. The third-order valence-corrected chi connectivity index (χ3v) is 3.17. The molecule has 0 aliphatic carbocycles. The van der Waals surface area contributed by atoms with Gasteiger partial charge in [-0.05, 0) is 29.3 Å². The lowest BCUT2D eigenvalue weighted by atomic mass is 10.3. The molecule has 0 aliphatic rings. The van der Waals surface area contributed by atoms with Crippen molar-refractivity contribution < 1.29 is 0 Å². The molecule has 15 heavy (non-hydrogen) atoms. The fourth-order valence-corrected chi connectivity index (χ4v) is 2.12. The lowest BCUT2D eigenvalue weighted by Crippen LogP contribution is -2.30. The zero-order valence-electron chi connectivity index (χ0n) is 9.84. The van der Waals surface area contributed by atoms with Crippen molar-refractivity contribution in [2.75, 3.05) is 14.1 Å². The summed E-state index contributed by atoms with van der Waals surface area (Å²) in [6.45, 7) is 5.94. The average molecular weight is 275 g/mol. The van der Waals surface area contributed by atoms with Crippen LogP contribution < -0.4 is 5.43 Å². The molecule has 1 aromatic rings. The maximum Gasteiger partial charge on any atom is 0.0767 e. The average Bonchev–Trinajstić information content (AvgIpc) is 2.51. The number of hydrazine groups is 1. The number of rotatable bonds is 5. The van der Waals surface area contributed by atoms with Gasteiger partial charge >= 0.3 is 0 Å². The molecule has 1 aromatic heterocycles. The van der Waals surface area contributed by atoms with Crippen molar-refractivity contribution in [1.29, 1.82) is 0 Å². The Kier molecular flexibility index (Phi) is 4.76. The van der Waals surface area contributed by atoms with E-state index in [9.17, 15) is 0 Å². The number of halogens is 1. The van der Waals surface area contributed by atoms with Gasteiger partial charge in [0.2, 0.25) is 0 Å². The van der Waals surface area contributed by atoms with Crippen LogP contribution in [0.15, 0.2) is 4.47 Å². The Bertz CT molecular complexity index is 319. The molecule has 0 fully saturated rings. The van der Waals surface area contributed by atoms with Crippen LogP contribution in [-0.4, -0.2) is 28.9 Å². The summed E-state index contributed by atoms with van der Waals surface area (Å²) in [4.78, 5) is 0. The van der Waals surface area contributed by atoms with Gasteiger partial charge in [0.25, 0.3) is 0 Å². The molecule has 1 heterocycles. The fourth-order valence-electron chi connectivity index (χ4n) is 1.42. The lowest BCUT2D eigenvalue weighted by Gasteiger charge is -2.12. The summed E-state index contributed by atoms with van der Waals surface area (Å²) >= 11 is 3.61. The minimum Gasteiger partial charge on any atom is -0.267 e. The summed E-state index contributed by atoms with van der Waals surface area (Å²) in [5.74, 6) is 0. The van der Waals surface area contributed by atoms with Crippen molar-refractivity contribution in [3.05, 3.63) is 15.9 Å². The first-order chi connectivity index (χ1) is 7.10. The molecule has 1 N–H and O–H groups in total. The van der Waals surface area contributed by atoms with E-state index in [1.54, 1.807) is 0 Å². The Morgan fingerprint density at radius 1 is 1.40 bits per heavy atom. The molecule has 5 heteroatoms. The zero-order valence-corrected chi connectivity index (χ0v) is 11.4. The highest BCUT2D eigenvalue weighted by atomic mass is 79.9. The van der Waals surface area contributed by atoms with Crippen LogP contribution >= 0.6 is 15.9 Å². The van der Waals surface area contributed by atoms with Crippen molar-refractivity contribution in [2.24, 2.45) is 0 Å². The zero-order chi connectivity index (χ0) is 11.4. The largest absolute Gasteiger partial charge is 0.267 e. The van der Waals surface area contributed by atoms with Crippen LogP contribution in [0.1, 0.15) is 25.2 Å². The highest BCUT2D eigenvalue weighted by molar-refractivity contribution is 9.10. The molecule has 1 rings (SSSR count). The second-order valence-electron chi connectivity index (χ2n) is 3.61. The van der Waals surface area contributed by atoms with E-state index < -0.39 is 0 Å². The number of nitrogens with zero attached hydrogens (tertiary/aromatic N) is 3. The molecule has 0 aliphatic heterocycles. The third-order valence-electron chi connectivity index (χ3n) is 2.26. The maximum absolute atomic E-state index is 4.54. The van der Waals surface area contributed by atoms with Gasteiger partial charge in [-0.1, -0.05) is 6.92 Å². The second-order valence-corrected chi connectivity index (χ2v) is 4.40. The van der Waals surface area contributed by atoms with E-state index in [2.05, 4.69) is 40.3 Å². The van der Waals surface area contributed by atoms with Crippen LogP contribution in [0.2, 0.25) is 0 Å². The van der Waals surface area contributed by atoms with Crippen molar-refractivity contribution in [3.8, 4) is 0 Å². The number of aryl methyl sites for hydroxylation is 2. The van der Waals surface area contributed by atoms with Gasteiger partial charge in [-0.25, -0.2) is 5.43 Å². The van der Waals surface area contributed by atoms with Crippen LogP contribution in [0.25, 0.3) is 0 Å². The first-order valence-corrected chi connectivity index (χ1v) is 6.04. The smallest absolute Gasteiger partial charge is 0.0767 e. The van der Waals surface area contributed by atoms with E-state index in [0.717, 1.165) is 29.7 Å². The van der Waals surface area contributed by atoms with Gasteiger partial charge < -0.3 is 0 Å².